The quantitative estimate of drug-likeness (QED) is 0.867. The maximum atomic E-state index is 12.6. The number of aryl methyl sites for hydroxylation is 1. The van der Waals surface area contributed by atoms with E-state index in [1.807, 2.05) is 17.2 Å². The van der Waals surface area contributed by atoms with Gasteiger partial charge in [0.15, 0.2) is 0 Å². The molecule has 0 aromatic carbocycles. The third-order valence-electron chi connectivity index (χ3n) is 5.54. The van der Waals surface area contributed by atoms with Crippen LogP contribution in [0.3, 0.4) is 0 Å². The number of likely N-dealkylation sites (tertiary alicyclic amines) is 2. The Kier molecular flexibility index (Phi) is 3.60. The first-order chi connectivity index (χ1) is 11.1. The summed E-state index contributed by atoms with van der Waals surface area (Å²) in [7, 11) is 2.19. The third-order valence-corrected chi connectivity index (χ3v) is 5.54. The van der Waals surface area contributed by atoms with Crippen LogP contribution in [0.2, 0.25) is 0 Å². The molecule has 1 unspecified atom stereocenters. The number of aromatic nitrogens is 2. The van der Waals surface area contributed by atoms with Crippen molar-refractivity contribution >= 4 is 16.8 Å². The van der Waals surface area contributed by atoms with Crippen molar-refractivity contribution in [2.45, 2.75) is 19.9 Å². The van der Waals surface area contributed by atoms with Gasteiger partial charge in [-0.15, -0.1) is 0 Å². The first-order valence-corrected chi connectivity index (χ1v) is 8.47. The summed E-state index contributed by atoms with van der Waals surface area (Å²) in [4.78, 5) is 21.1. The lowest BCUT2D eigenvalue weighted by Gasteiger charge is -2.42. The molecule has 0 aliphatic carbocycles. The van der Waals surface area contributed by atoms with E-state index in [1.165, 1.54) is 25.1 Å². The van der Waals surface area contributed by atoms with Gasteiger partial charge in [0, 0.05) is 43.6 Å². The van der Waals surface area contributed by atoms with Crippen molar-refractivity contribution in [2.75, 3.05) is 33.2 Å². The van der Waals surface area contributed by atoms with Gasteiger partial charge in [-0.1, -0.05) is 0 Å². The minimum absolute atomic E-state index is 0.237. The molecule has 0 spiro atoms. The summed E-state index contributed by atoms with van der Waals surface area (Å²) in [5, 5.41) is 1.13. The molecule has 5 nitrogen and oxygen atoms in total. The minimum Gasteiger partial charge on any atom is -0.340 e. The summed E-state index contributed by atoms with van der Waals surface area (Å²) in [6.45, 7) is 6.79. The standard InChI is InChI=1S/C18H24N4O/c1-13-8-21(17-3-5-19-7-16(13)17)12-18(23)22-10-15(11-22)14-4-6-20(2)9-14/h3,5,7-8,14-15H,4,6,9-12H2,1-2H3. The van der Waals surface area contributed by atoms with Crippen molar-refractivity contribution in [3.63, 3.8) is 0 Å². The summed E-state index contributed by atoms with van der Waals surface area (Å²) >= 11 is 0. The topological polar surface area (TPSA) is 41.4 Å². The lowest BCUT2D eigenvalue weighted by atomic mass is 9.85. The van der Waals surface area contributed by atoms with E-state index in [-0.39, 0.29) is 5.91 Å². The molecule has 4 rings (SSSR count). The highest BCUT2D eigenvalue weighted by atomic mass is 16.2. The highest BCUT2D eigenvalue weighted by Gasteiger charge is 2.38. The van der Waals surface area contributed by atoms with Crippen molar-refractivity contribution in [3.8, 4) is 0 Å². The van der Waals surface area contributed by atoms with Crippen molar-refractivity contribution in [1.29, 1.82) is 0 Å². The zero-order chi connectivity index (χ0) is 16.0. The Bertz CT molecular complexity index is 732. The van der Waals surface area contributed by atoms with E-state index >= 15 is 0 Å². The Hall–Kier alpha value is -1.88. The van der Waals surface area contributed by atoms with Gasteiger partial charge in [0.05, 0.1) is 5.52 Å². The number of carbonyl (C=O) groups is 1. The lowest BCUT2D eigenvalue weighted by Crippen LogP contribution is -2.53. The van der Waals surface area contributed by atoms with Crippen LogP contribution in [0.1, 0.15) is 12.0 Å². The molecule has 2 aliphatic rings. The molecule has 0 saturated carbocycles. The highest BCUT2D eigenvalue weighted by Crippen LogP contribution is 2.31. The Labute approximate surface area is 136 Å². The molecule has 122 valence electrons. The minimum atomic E-state index is 0.237. The van der Waals surface area contributed by atoms with Crippen LogP contribution in [-0.2, 0) is 11.3 Å². The average Bonchev–Trinajstić information content (AvgIpc) is 3.03. The molecule has 0 bridgehead atoms. The van der Waals surface area contributed by atoms with Crippen LogP contribution in [0, 0.1) is 18.8 Å². The summed E-state index contributed by atoms with van der Waals surface area (Å²) in [5.41, 5.74) is 2.27. The van der Waals surface area contributed by atoms with E-state index in [0.717, 1.165) is 29.9 Å². The third kappa shape index (κ3) is 2.63. The molecule has 2 fully saturated rings. The molecular formula is C18H24N4O. The van der Waals surface area contributed by atoms with E-state index in [9.17, 15) is 4.79 Å². The van der Waals surface area contributed by atoms with Gasteiger partial charge in [0.2, 0.25) is 5.91 Å². The van der Waals surface area contributed by atoms with Gasteiger partial charge in [0.25, 0.3) is 0 Å². The van der Waals surface area contributed by atoms with E-state index < -0.39 is 0 Å². The van der Waals surface area contributed by atoms with E-state index in [2.05, 4.69) is 34.6 Å². The SMILES string of the molecule is Cc1cn(CC(=O)N2CC(C3CCN(C)C3)C2)c2ccncc12. The molecule has 4 heterocycles. The Morgan fingerprint density at radius 2 is 2.13 bits per heavy atom. The second kappa shape index (κ2) is 5.64. The number of nitrogens with zero attached hydrogens (tertiary/aromatic N) is 4. The summed E-state index contributed by atoms with van der Waals surface area (Å²) in [5.74, 6) is 1.72. The van der Waals surface area contributed by atoms with Crippen LogP contribution < -0.4 is 0 Å². The molecule has 1 amide bonds. The Morgan fingerprint density at radius 3 is 2.87 bits per heavy atom. The zero-order valence-electron chi connectivity index (χ0n) is 13.9. The largest absolute Gasteiger partial charge is 0.340 e. The summed E-state index contributed by atoms with van der Waals surface area (Å²) in [6, 6.07) is 1.99. The molecule has 2 aromatic heterocycles. The summed E-state index contributed by atoms with van der Waals surface area (Å²) < 4.78 is 2.06. The zero-order valence-corrected chi connectivity index (χ0v) is 13.9. The number of hydrogen-bond acceptors (Lipinski definition) is 3. The molecule has 5 heteroatoms. The van der Waals surface area contributed by atoms with Crippen molar-refractivity contribution < 1.29 is 4.79 Å². The molecule has 0 N–H and O–H groups in total. The van der Waals surface area contributed by atoms with E-state index in [1.54, 1.807) is 6.20 Å². The van der Waals surface area contributed by atoms with Crippen molar-refractivity contribution in [1.82, 2.24) is 19.4 Å². The molecule has 2 aliphatic heterocycles. The molecule has 0 radical (unpaired) electrons. The molecule has 23 heavy (non-hydrogen) atoms. The van der Waals surface area contributed by atoms with Crippen LogP contribution in [0.25, 0.3) is 10.9 Å². The number of rotatable bonds is 3. The second-order valence-corrected chi connectivity index (χ2v) is 7.20. The highest BCUT2D eigenvalue weighted by molar-refractivity contribution is 5.85. The van der Waals surface area contributed by atoms with Gasteiger partial charge < -0.3 is 14.4 Å². The van der Waals surface area contributed by atoms with Crippen LogP contribution >= 0.6 is 0 Å². The fourth-order valence-corrected chi connectivity index (χ4v) is 4.06. The number of pyridine rings is 1. The Morgan fingerprint density at radius 1 is 1.30 bits per heavy atom. The predicted molar refractivity (Wildman–Crippen MR) is 90.1 cm³/mol. The number of hydrogen-bond donors (Lipinski definition) is 0. The fourth-order valence-electron chi connectivity index (χ4n) is 4.06. The smallest absolute Gasteiger partial charge is 0.242 e. The predicted octanol–water partition coefficient (Wildman–Crippen LogP) is 1.75. The fraction of sp³-hybridized carbons (Fsp3) is 0.556. The average molecular weight is 312 g/mol. The first kappa shape index (κ1) is 14.7. The van der Waals surface area contributed by atoms with Crippen LogP contribution in [0.5, 0.6) is 0 Å². The molecular weight excluding hydrogens is 288 g/mol. The monoisotopic (exact) mass is 312 g/mol. The second-order valence-electron chi connectivity index (χ2n) is 7.20. The van der Waals surface area contributed by atoms with Gasteiger partial charge in [-0.3, -0.25) is 9.78 Å². The van der Waals surface area contributed by atoms with E-state index in [0.29, 0.717) is 12.5 Å². The molecule has 2 aromatic rings. The first-order valence-electron chi connectivity index (χ1n) is 8.47. The van der Waals surface area contributed by atoms with Crippen molar-refractivity contribution in [3.05, 3.63) is 30.2 Å². The van der Waals surface area contributed by atoms with Gasteiger partial charge >= 0.3 is 0 Å². The van der Waals surface area contributed by atoms with Crippen molar-refractivity contribution in [2.24, 2.45) is 11.8 Å². The maximum absolute atomic E-state index is 12.6. The maximum Gasteiger partial charge on any atom is 0.242 e. The molecule has 1 atom stereocenters. The van der Waals surface area contributed by atoms with Crippen LogP contribution in [0.15, 0.2) is 24.7 Å². The van der Waals surface area contributed by atoms with E-state index in [4.69, 9.17) is 0 Å². The number of carbonyl (C=O) groups excluding carboxylic acids is 1. The lowest BCUT2D eigenvalue weighted by molar-refractivity contribution is -0.139. The van der Waals surface area contributed by atoms with Gasteiger partial charge in [0.1, 0.15) is 6.54 Å². The molecule has 2 saturated heterocycles. The van der Waals surface area contributed by atoms with Crippen LogP contribution in [-0.4, -0.2) is 58.5 Å². The van der Waals surface area contributed by atoms with Gasteiger partial charge in [-0.2, -0.15) is 0 Å². The van der Waals surface area contributed by atoms with Gasteiger partial charge in [-0.25, -0.2) is 0 Å². The van der Waals surface area contributed by atoms with Gasteiger partial charge in [-0.05, 0) is 50.4 Å². The number of fused-ring (bicyclic) bond motifs is 1. The van der Waals surface area contributed by atoms with Crippen LogP contribution in [0.4, 0.5) is 0 Å². The normalized spacial score (nSPS) is 22.7. The number of amides is 1. The Balaban J connectivity index is 1.39. The summed E-state index contributed by atoms with van der Waals surface area (Å²) in [6.07, 6.45) is 7.02.